The molecule has 4 nitrogen and oxygen atoms in total. The van der Waals surface area contributed by atoms with Crippen LogP contribution in [0.5, 0.6) is 5.75 Å². The van der Waals surface area contributed by atoms with Crippen molar-refractivity contribution in [2.75, 3.05) is 19.7 Å². The van der Waals surface area contributed by atoms with Crippen molar-refractivity contribution in [1.29, 1.82) is 0 Å². The fraction of sp³-hybridized carbons (Fsp3) is 0.458. The van der Waals surface area contributed by atoms with E-state index in [0.717, 1.165) is 49.9 Å². The van der Waals surface area contributed by atoms with E-state index in [1.165, 1.54) is 12.1 Å². The third-order valence-corrected chi connectivity index (χ3v) is 6.82. The highest BCUT2D eigenvalue weighted by atomic mass is 35.5. The Labute approximate surface area is 191 Å². The van der Waals surface area contributed by atoms with Gasteiger partial charge in [-0.3, -0.25) is 4.90 Å². The lowest BCUT2D eigenvalue weighted by atomic mass is 9.95. The molecule has 2 aromatic rings. The minimum absolute atomic E-state index is 0.220. The number of aromatic carboxylic acids is 1. The van der Waals surface area contributed by atoms with Crippen LogP contribution in [0.4, 0.5) is 4.39 Å². The quantitative estimate of drug-likeness (QED) is 0.502. The number of rotatable bonds is 7. The number of hydrogen-bond donors (Lipinski definition) is 1. The van der Waals surface area contributed by atoms with E-state index in [2.05, 4.69) is 11.8 Å². The highest BCUT2D eigenvalue weighted by Crippen LogP contribution is 2.45. The topological polar surface area (TPSA) is 49.8 Å². The molecule has 2 aliphatic rings. The van der Waals surface area contributed by atoms with Crippen molar-refractivity contribution in [2.45, 2.75) is 44.6 Å². The van der Waals surface area contributed by atoms with Crippen LogP contribution in [0.1, 0.15) is 66.1 Å². The summed E-state index contributed by atoms with van der Waals surface area (Å²) in [7, 11) is 0. The molecule has 0 radical (unpaired) electrons. The van der Waals surface area contributed by atoms with Gasteiger partial charge in [0.2, 0.25) is 0 Å². The number of benzene rings is 2. The predicted molar refractivity (Wildman–Crippen MR) is 120 cm³/mol. The van der Waals surface area contributed by atoms with Gasteiger partial charge >= 0.3 is 5.97 Å². The zero-order valence-electron chi connectivity index (χ0n) is 17.4. The SMILES string of the molecule is C[C@@H](c1cc(Cl)cc(Cl)c1)N1CCC(COc2cc(F)c(C(=O)O)cc2C2CC2)CC1. The fourth-order valence-electron chi connectivity index (χ4n) is 4.32. The third-order valence-electron chi connectivity index (χ3n) is 6.39. The molecule has 0 unspecified atom stereocenters. The summed E-state index contributed by atoms with van der Waals surface area (Å²) in [5.41, 5.74) is 1.65. The summed E-state index contributed by atoms with van der Waals surface area (Å²) < 4.78 is 20.2. The van der Waals surface area contributed by atoms with E-state index in [9.17, 15) is 14.3 Å². The van der Waals surface area contributed by atoms with Crippen molar-refractivity contribution >= 4 is 29.2 Å². The van der Waals surface area contributed by atoms with Gasteiger partial charge in [0.05, 0.1) is 12.2 Å². The second-order valence-corrected chi connectivity index (χ2v) is 9.49. The van der Waals surface area contributed by atoms with E-state index in [1.54, 1.807) is 6.07 Å². The molecule has 1 aliphatic carbocycles. The lowest BCUT2D eigenvalue weighted by Crippen LogP contribution is -2.37. The van der Waals surface area contributed by atoms with Gasteiger partial charge in [-0.15, -0.1) is 0 Å². The van der Waals surface area contributed by atoms with Gasteiger partial charge in [-0.1, -0.05) is 23.2 Å². The largest absolute Gasteiger partial charge is 0.493 e. The van der Waals surface area contributed by atoms with Gasteiger partial charge in [-0.05, 0) is 92.9 Å². The smallest absolute Gasteiger partial charge is 0.338 e. The van der Waals surface area contributed by atoms with Crippen LogP contribution in [0.25, 0.3) is 0 Å². The van der Waals surface area contributed by atoms with E-state index in [-0.39, 0.29) is 17.5 Å². The van der Waals surface area contributed by atoms with Crippen LogP contribution >= 0.6 is 23.2 Å². The van der Waals surface area contributed by atoms with Crippen molar-refractivity contribution in [1.82, 2.24) is 4.90 Å². The first-order chi connectivity index (χ1) is 14.8. The number of carbonyl (C=O) groups is 1. The zero-order valence-corrected chi connectivity index (χ0v) is 18.9. The average molecular weight is 466 g/mol. The van der Waals surface area contributed by atoms with Gasteiger partial charge in [0, 0.05) is 22.2 Å². The molecular weight excluding hydrogens is 440 g/mol. The first-order valence-electron chi connectivity index (χ1n) is 10.7. The molecule has 31 heavy (non-hydrogen) atoms. The molecule has 1 aliphatic heterocycles. The van der Waals surface area contributed by atoms with Crippen LogP contribution in [0, 0.1) is 11.7 Å². The Morgan fingerprint density at radius 1 is 1.13 bits per heavy atom. The van der Waals surface area contributed by atoms with Gasteiger partial charge in [0.1, 0.15) is 11.6 Å². The first-order valence-corrected chi connectivity index (χ1v) is 11.5. The van der Waals surface area contributed by atoms with Crippen molar-refractivity contribution in [3.8, 4) is 5.75 Å². The monoisotopic (exact) mass is 465 g/mol. The zero-order chi connectivity index (χ0) is 22.1. The summed E-state index contributed by atoms with van der Waals surface area (Å²) in [5, 5.41) is 10.5. The third kappa shape index (κ3) is 5.33. The number of nitrogens with zero attached hydrogens (tertiary/aromatic N) is 1. The molecule has 0 aromatic heterocycles. The molecule has 2 fully saturated rings. The van der Waals surface area contributed by atoms with Crippen LogP contribution < -0.4 is 4.74 Å². The second kappa shape index (κ2) is 9.35. The Hall–Kier alpha value is -1.82. The Morgan fingerprint density at radius 2 is 1.77 bits per heavy atom. The number of hydrogen-bond acceptors (Lipinski definition) is 3. The molecule has 0 spiro atoms. The van der Waals surface area contributed by atoms with E-state index >= 15 is 0 Å². The number of halogens is 3. The van der Waals surface area contributed by atoms with Crippen LogP contribution in [-0.2, 0) is 0 Å². The Morgan fingerprint density at radius 3 is 2.35 bits per heavy atom. The molecule has 2 aromatic carbocycles. The maximum Gasteiger partial charge on any atom is 0.338 e. The lowest BCUT2D eigenvalue weighted by Gasteiger charge is -2.36. The van der Waals surface area contributed by atoms with E-state index in [0.29, 0.717) is 28.3 Å². The number of carboxylic acids is 1. The first kappa shape index (κ1) is 22.4. The number of piperidine rings is 1. The summed E-state index contributed by atoms with van der Waals surface area (Å²) in [5.74, 6) is -0.833. The maximum atomic E-state index is 14.2. The van der Waals surface area contributed by atoms with Crippen molar-refractivity contribution in [3.05, 3.63) is 62.9 Å². The molecule has 1 heterocycles. The van der Waals surface area contributed by atoms with E-state index < -0.39 is 11.8 Å². The van der Waals surface area contributed by atoms with Crippen LogP contribution in [-0.4, -0.2) is 35.7 Å². The summed E-state index contributed by atoms with van der Waals surface area (Å²) >= 11 is 12.3. The van der Waals surface area contributed by atoms with Gasteiger partial charge in [-0.2, -0.15) is 0 Å². The van der Waals surface area contributed by atoms with Crippen molar-refractivity contribution < 1.29 is 19.0 Å². The maximum absolute atomic E-state index is 14.2. The molecule has 1 atom stereocenters. The van der Waals surface area contributed by atoms with Gasteiger partial charge in [0.25, 0.3) is 0 Å². The molecule has 0 amide bonds. The molecule has 1 N–H and O–H groups in total. The van der Waals surface area contributed by atoms with Gasteiger partial charge in [0.15, 0.2) is 0 Å². The Kier molecular flexibility index (Phi) is 6.75. The molecular formula is C24H26Cl2FNO3. The summed E-state index contributed by atoms with van der Waals surface area (Å²) in [6.45, 7) is 4.53. The lowest BCUT2D eigenvalue weighted by molar-refractivity contribution is 0.0691. The summed E-state index contributed by atoms with van der Waals surface area (Å²) in [6, 6.07) is 8.58. The Bertz CT molecular complexity index is 951. The molecule has 7 heteroatoms. The predicted octanol–water partition coefficient (Wildman–Crippen LogP) is 6.56. The fourth-order valence-corrected chi connectivity index (χ4v) is 4.86. The number of carboxylic acid groups (broad SMARTS) is 1. The normalized spacial score (nSPS) is 18.7. The number of ether oxygens (including phenoxy) is 1. The van der Waals surface area contributed by atoms with Crippen molar-refractivity contribution in [3.63, 3.8) is 0 Å². The van der Waals surface area contributed by atoms with E-state index in [4.69, 9.17) is 27.9 Å². The number of likely N-dealkylation sites (tertiary alicyclic amines) is 1. The summed E-state index contributed by atoms with van der Waals surface area (Å²) in [4.78, 5) is 13.7. The highest BCUT2D eigenvalue weighted by Gasteiger charge is 2.30. The average Bonchev–Trinajstić information content (AvgIpc) is 3.56. The molecule has 1 saturated heterocycles. The van der Waals surface area contributed by atoms with E-state index in [1.807, 2.05) is 12.1 Å². The van der Waals surface area contributed by atoms with Gasteiger partial charge < -0.3 is 9.84 Å². The second-order valence-electron chi connectivity index (χ2n) is 8.62. The van der Waals surface area contributed by atoms with Crippen LogP contribution in [0.3, 0.4) is 0 Å². The van der Waals surface area contributed by atoms with Crippen LogP contribution in [0.15, 0.2) is 30.3 Å². The molecule has 166 valence electrons. The standard InChI is InChI=1S/C24H26Cl2FNO3/c1-14(17-8-18(25)10-19(26)9-17)28-6-4-15(5-7-28)13-31-23-12-22(27)21(24(29)30)11-20(23)16-2-3-16/h8-12,14-16H,2-7,13H2,1H3,(H,29,30)/t14-/m0/s1. The summed E-state index contributed by atoms with van der Waals surface area (Å²) in [6.07, 6.45) is 3.94. The highest BCUT2D eigenvalue weighted by molar-refractivity contribution is 6.34. The molecule has 1 saturated carbocycles. The molecule has 0 bridgehead atoms. The van der Waals surface area contributed by atoms with Gasteiger partial charge in [-0.25, -0.2) is 9.18 Å². The minimum Gasteiger partial charge on any atom is -0.493 e. The Balaban J connectivity index is 1.35. The van der Waals surface area contributed by atoms with Crippen LogP contribution in [0.2, 0.25) is 10.0 Å². The molecule has 4 rings (SSSR count). The minimum atomic E-state index is -1.24. The van der Waals surface area contributed by atoms with Crippen molar-refractivity contribution in [2.24, 2.45) is 5.92 Å².